The monoisotopic (exact) mass is 277 g/mol. The van der Waals surface area contributed by atoms with Gasteiger partial charge in [0.2, 0.25) is 0 Å². The van der Waals surface area contributed by atoms with Gasteiger partial charge in [-0.1, -0.05) is 30.3 Å². The number of carbonyl (C=O) groups is 2. The van der Waals surface area contributed by atoms with Crippen LogP contribution in [-0.4, -0.2) is 32.0 Å². The fraction of sp³-hybridized carbons (Fsp3) is 0.286. The first-order valence-electron chi connectivity index (χ1n) is 6.06. The average molecular weight is 277 g/mol. The van der Waals surface area contributed by atoms with Gasteiger partial charge in [-0.15, -0.1) is 0 Å². The molecule has 1 heterocycles. The highest BCUT2D eigenvalue weighted by atomic mass is 16.6. The van der Waals surface area contributed by atoms with Crippen molar-refractivity contribution in [2.75, 3.05) is 13.7 Å². The Balaban J connectivity index is 1.78. The first-order valence-corrected chi connectivity index (χ1v) is 6.06. The molecule has 0 saturated carbocycles. The summed E-state index contributed by atoms with van der Waals surface area (Å²) in [7, 11) is 1.29. The number of amides is 1. The van der Waals surface area contributed by atoms with Crippen molar-refractivity contribution in [2.45, 2.75) is 12.8 Å². The van der Waals surface area contributed by atoms with E-state index in [0.29, 0.717) is 12.2 Å². The molecule has 0 radical (unpaired) electrons. The summed E-state index contributed by atoms with van der Waals surface area (Å²) >= 11 is 0. The second kappa shape index (κ2) is 6.72. The summed E-state index contributed by atoms with van der Waals surface area (Å²) in [5, 5.41) is 2.51. The molecule has 106 valence electrons. The molecule has 1 saturated heterocycles. The lowest BCUT2D eigenvalue weighted by Crippen LogP contribution is -2.46. The van der Waals surface area contributed by atoms with E-state index in [0.717, 1.165) is 5.56 Å². The van der Waals surface area contributed by atoms with E-state index in [-0.39, 0.29) is 6.61 Å². The zero-order valence-electron chi connectivity index (χ0n) is 11.0. The van der Waals surface area contributed by atoms with E-state index in [1.54, 1.807) is 0 Å². The highest BCUT2D eigenvalue weighted by Gasteiger charge is 2.28. The molecule has 1 N–H and O–H groups in total. The Morgan fingerprint density at radius 2 is 2.15 bits per heavy atom. The maximum Gasteiger partial charge on any atom is 0.409 e. The van der Waals surface area contributed by atoms with Gasteiger partial charge in [-0.25, -0.2) is 9.59 Å². The van der Waals surface area contributed by atoms with E-state index in [9.17, 15) is 9.59 Å². The molecular weight excluding hydrogens is 262 g/mol. The maximum absolute atomic E-state index is 11.6. The van der Waals surface area contributed by atoms with Gasteiger partial charge in [0.15, 0.2) is 6.23 Å². The molecule has 1 fully saturated rings. The van der Waals surface area contributed by atoms with Crippen molar-refractivity contribution in [1.29, 1.82) is 0 Å². The Hall–Kier alpha value is -2.34. The van der Waals surface area contributed by atoms with Crippen LogP contribution < -0.4 is 5.32 Å². The number of benzene rings is 1. The standard InChI is InChI=1S/C14H15NO5/c1-18-12(16)7-11-9-19-13(11)15-14(17)20-8-10-5-3-2-4-6-10/h2-7,13H,8-9H2,1H3,(H,15,17)/b11-7+. The SMILES string of the molecule is COC(=O)/C=C1\COC1NC(=O)OCc1ccccc1. The Morgan fingerprint density at radius 1 is 1.40 bits per heavy atom. The van der Waals surface area contributed by atoms with Crippen LogP contribution in [0.25, 0.3) is 0 Å². The molecule has 1 aromatic carbocycles. The van der Waals surface area contributed by atoms with Crippen LogP contribution in [0.15, 0.2) is 42.0 Å². The predicted molar refractivity (Wildman–Crippen MR) is 69.6 cm³/mol. The summed E-state index contributed by atoms with van der Waals surface area (Å²) < 4.78 is 14.7. The molecule has 0 spiro atoms. The summed E-state index contributed by atoms with van der Waals surface area (Å²) in [6, 6.07) is 9.33. The summed E-state index contributed by atoms with van der Waals surface area (Å²) in [5.41, 5.74) is 1.54. The van der Waals surface area contributed by atoms with Crippen molar-refractivity contribution in [3.05, 3.63) is 47.5 Å². The van der Waals surface area contributed by atoms with E-state index in [1.165, 1.54) is 13.2 Å². The molecule has 1 amide bonds. The summed E-state index contributed by atoms with van der Waals surface area (Å²) in [5.74, 6) is -0.479. The predicted octanol–water partition coefficient (Wildman–Crippen LogP) is 1.37. The zero-order valence-corrected chi connectivity index (χ0v) is 11.0. The smallest absolute Gasteiger partial charge is 0.409 e. The van der Waals surface area contributed by atoms with Crippen molar-refractivity contribution in [3.8, 4) is 0 Å². The quantitative estimate of drug-likeness (QED) is 0.664. The van der Waals surface area contributed by atoms with Gasteiger partial charge in [0, 0.05) is 11.6 Å². The Morgan fingerprint density at radius 3 is 2.75 bits per heavy atom. The number of methoxy groups -OCH3 is 1. The van der Waals surface area contributed by atoms with Crippen LogP contribution in [0.5, 0.6) is 0 Å². The molecule has 0 aromatic heterocycles. The van der Waals surface area contributed by atoms with Gasteiger partial charge in [0.05, 0.1) is 13.7 Å². The molecule has 1 aliphatic heterocycles. The zero-order chi connectivity index (χ0) is 14.4. The second-order valence-electron chi connectivity index (χ2n) is 4.14. The summed E-state index contributed by atoms with van der Waals surface area (Å²) in [6.45, 7) is 0.466. The van der Waals surface area contributed by atoms with Crippen molar-refractivity contribution < 1.29 is 23.8 Å². The van der Waals surface area contributed by atoms with E-state index < -0.39 is 18.3 Å². The maximum atomic E-state index is 11.6. The van der Waals surface area contributed by atoms with Crippen LogP contribution >= 0.6 is 0 Å². The lowest BCUT2D eigenvalue weighted by atomic mass is 10.1. The van der Waals surface area contributed by atoms with E-state index in [2.05, 4.69) is 10.1 Å². The lowest BCUT2D eigenvalue weighted by Gasteiger charge is -2.30. The minimum absolute atomic E-state index is 0.176. The van der Waals surface area contributed by atoms with Gasteiger partial charge < -0.3 is 14.2 Å². The second-order valence-corrected chi connectivity index (χ2v) is 4.14. The van der Waals surface area contributed by atoms with Gasteiger partial charge in [-0.3, -0.25) is 5.32 Å². The largest absolute Gasteiger partial charge is 0.466 e. The van der Waals surface area contributed by atoms with Gasteiger partial charge in [0.1, 0.15) is 6.61 Å². The molecule has 1 atom stereocenters. The van der Waals surface area contributed by atoms with Crippen LogP contribution in [0.1, 0.15) is 5.56 Å². The van der Waals surface area contributed by atoms with E-state index in [1.807, 2.05) is 30.3 Å². The third-order valence-corrected chi connectivity index (χ3v) is 2.72. The van der Waals surface area contributed by atoms with Crippen molar-refractivity contribution >= 4 is 12.1 Å². The first kappa shape index (κ1) is 14.1. The molecule has 1 aliphatic rings. The average Bonchev–Trinajstić information content (AvgIpc) is 2.48. The number of carbonyl (C=O) groups excluding carboxylic acids is 2. The Kier molecular flexibility index (Phi) is 4.73. The van der Waals surface area contributed by atoms with Crippen LogP contribution in [0.2, 0.25) is 0 Å². The number of nitrogens with one attached hydrogen (secondary N) is 1. The molecule has 0 bridgehead atoms. The number of hydrogen-bond donors (Lipinski definition) is 1. The lowest BCUT2D eigenvalue weighted by molar-refractivity contribution is -0.135. The molecule has 0 aliphatic carbocycles. The van der Waals surface area contributed by atoms with Crippen molar-refractivity contribution in [1.82, 2.24) is 5.32 Å². The Bertz CT molecular complexity index is 512. The third-order valence-electron chi connectivity index (χ3n) is 2.72. The van der Waals surface area contributed by atoms with Gasteiger partial charge in [0.25, 0.3) is 0 Å². The third kappa shape index (κ3) is 3.83. The van der Waals surface area contributed by atoms with Crippen molar-refractivity contribution in [3.63, 3.8) is 0 Å². The number of rotatable bonds is 4. The van der Waals surface area contributed by atoms with Gasteiger partial charge in [-0.2, -0.15) is 0 Å². The number of hydrogen-bond acceptors (Lipinski definition) is 5. The molecule has 1 unspecified atom stereocenters. The highest BCUT2D eigenvalue weighted by Crippen LogP contribution is 2.17. The van der Waals surface area contributed by atoms with E-state index >= 15 is 0 Å². The molecule has 2 rings (SSSR count). The first-order chi connectivity index (χ1) is 9.69. The number of ether oxygens (including phenoxy) is 3. The van der Waals surface area contributed by atoms with Crippen LogP contribution in [-0.2, 0) is 25.6 Å². The number of esters is 1. The summed E-state index contributed by atoms with van der Waals surface area (Å²) in [4.78, 5) is 22.6. The highest BCUT2D eigenvalue weighted by molar-refractivity contribution is 5.83. The van der Waals surface area contributed by atoms with Gasteiger partial charge >= 0.3 is 12.1 Å². The van der Waals surface area contributed by atoms with E-state index in [4.69, 9.17) is 9.47 Å². The topological polar surface area (TPSA) is 73.9 Å². The van der Waals surface area contributed by atoms with Crippen molar-refractivity contribution in [2.24, 2.45) is 0 Å². The minimum atomic E-state index is -0.627. The number of alkyl carbamates (subject to hydrolysis) is 1. The van der Waals surface area contributed by atoms with Gasteiger partial charge in [-0.05, 0) is 5.56 Å². The van der Waals surface area contributed by atoms with Crippen LogP contribution in [0, 0.1) is 0 Å². The molecular formula is C14H15NO5. The molecule has 6 nitrogen and oxygen atoms in total. The fourth-order valence-corrected chi connectivity index (χ4v) is 1.60. The molecule has 20 heavy (non-hydrogen) atoms. The summed E-state index contributed by atoms with van der Waals surface area (Å²) in [6.07, 6.45) is 0.0673. The van der Waals surface area contributed by atoms with Crippen LogP contribution in [0.3, 0.4) is 0 Å². The molecule has 1 aromatic rings. The van der Waals surface area contributed by atoms with Crippen LogP contribution in [0.4, 0.5) is 4.79 Å². The normalized spacial score (nSPS) is 19.1. The fourth-order valence-electron chi connectivity index (χ4n) is 1.60. The Labute approximate surface area is 116 Å². The minimum Gasteiger partial charge on any atom is -0.466 e. The molecule has 6 heteroatoms.